The van der Waals surface area contributed by atoms with E-state index in [4.69, 9.17) is 5.73 Å². The number of hydrogen-bond acceptors (Lipinski definition) is 3. The SMILES string of the molecule is C[C@H](N)C(=O)NCC(O)c1ccc2ccccc2c1.Cl. The number of nitrogens with one attached hydrogen (secondary N) is 1. The predicted molar refractivity (Wildman–Crippen MR) is 82.8 cm³/mol. The molecule has 0 heterocycles. The van der Waals surface area contributed by atoms with Gasteiger partial charge in [0.25, 0.3) is 0 Å². The van der Waals surface area contributed by atoms with Crippen LogP contribution in [0.4, 0.5) is 0 Å². The van der Waals surface area contributed by atoms with Crippen molar-refractivity contribution in [1.29, 1.82) is 0 Å². The highest BCUT2D eigenvalue weighted by molar-refractivity contribution is 5.85. The standard InChI is InChI=1S/C15H18N2O2.ClH/c1-10(16)15(19)17-9-14(18)13-7-6-11-4-2-3-5-12(11)8-13;/h2-8,10,14,18H,9,16H2,1H3,(H,17,19);1H/t10-,14?;/m0./s1. The lowest BCUT2D eigenvalue weighted by atomic mass is 10.0. The number of amides is 1. The molecule has 4 nitrogen and oxygen atoms in total. The minimum Gasteiger partial charge on any atom is -0.387 e. The average Bonchev–Trinajstić information content (AvgIpc) is 2.43. The van der Waals surface area contributed by atoms with Crippen LogP contribution in [-0.2, 0) is 4.79 Å². The molecule has 1 unspecified atom stereocenters. The molecule has 0 radical (unpaired) electrons. The number of rotatable bonds is 4. The maximum absolute atomic E-state index is 11.3. The van der Waals surface area contributed by atoms with Gasteiger partial charge in [0.05, 0.1) is 12.1 Å². The Balaban J connectivity index is 0.00000200. The number of halogens is 1. The molecule has 2 atom stereocenters. The molecule has 1 amide bonds. The minimum atomic E-state index is -0.729. The van der Waals surface area contributed by atoms with Gasteiger partial charge in [0, 0.05) is 6.54 Å². The molecule has 0 saturated heterocycles. The molecule has 0 aliphatic rings. The molecule has 0 fully saturated rings. The summed E-state index contributed by atoms with van der Waals surface area (Å²) >= 11 is 0. The molecule has 2 rings (SSSR count). The van der Waals surface area contributed by atoms with Gasteiger partial charge in [-0.25, -0.2) is 0 Å². The highest BCUT2D eigenvalue weighted by Crippen LogP contribution is 2.19. The van der Waals surface area contributed by atoms with Crippen LogP contribution in [0, 0.1) is 0 Å². The largest absolute Gasteiger partial charge is 0.387 e. The Labute approximate surface area is 124 Å². The van der Waals surface area contributed by atoms with Gasteiger partial charge in [0.15, 0.2) is 0 Å². The molecule has 0 saturated carbocycles. The molecule has 0 bridgehead atoms. The lowest BCUT2D eigenvalue weighted by Gasteiger charge is -2.14. The highest BCUT2D eigenvalue weighted by Gasteiger charge is 2.12. The number of aliphatic hydroxyl groups is 1. The van der Waals surface area contributed by atoms with Crippen LogP contribution < -0.4 is 11.1 Å². The van der Waals surface area contributed by atoms with E-state index in [1.807, 2.05) is 42.5 Å². The van der Waals surface area contributed by atoms with Crippen molar-refractivity contribution < 1.29 is 9.90 Å². The monoisotopic (exact) mass is 294 g/mol. The molecule has 0 aromatic heterocycles. The van der Waals surface area contributed by atoms with Crippen LogP contribution in [0.25, 0.3) is 10.8 Å². The molecule has 0 aliphatic heterocycles. The number of aliphatic hydroxyl groups excluding tert-OH is 1. The quantitative estimate of drug-likeness (QED) is 0.804. The van der Waals surface area contributed by atoms with Gasteiger partial charge in [-0.2, -0.15) is 0 Å². The Morgan fingerprint density at radius 3 is 2.55 bits per heavy atom. The summed E-state index contributed by atoms with van der Waals surface area (Å²) in [4.78, 5) is 11.3. The maximum Gasteiger partial charge on any atom is 0.236 e. The summed E-state index contributed by atoms with van der Waals surface area (Å²) in [6.45, 7) is 1.77. The fourth-order valence-corrected chi connectivity index (χ4v) is 1.89. The van der Waals surface area contributed by atoms with Crippen molar-refractivity contribution in [3.05, 3.63) is 48.0 Å². The molecular weight excluding hydrogens is 276 g/mol. The van der Waals surface area contributed by atoms with Gasteiger partial charge in [-0.15, -0.1) is 12.4 Å². The van der Waals surface area contributed by atoms with Gasteiger partial charge in [0.2, 0.25) is 5.91 Å². The first-order valence-corrected chi connectivity index (χ1v) is 6.28. The summed E-state index contributed by atoms with van der Waals surface area (Å²) in [5.74, 6) is -0.264. The Hall–Kier alpha value is -1.62. The van der Waals surface area contributed by atoms with Gasteiger partial charge >= 0.3 is 0 Å². The summed E-state index contributed by atoms with van der Waals surface area (Å²) in [5, 5.41) is 14.9. The Kier molecular flexibility index (Phi) is 5.95. The number of nitrogens with two attached hydrogens (primary N) is 1. The lowest BCUT2D eigenvalue weighted by molar-refractivity contribution is -0.122. The van der Waals surface area contributed by atoms with Crippen LogP contribution in [0.15, 0.2) is 42.5 Å². The second-order valence-electron chi connectivity index (χ2n) is 4.66. The summed E-state index contributed by atoms with van der Waals surface area (Å²) < 4.78 is 0. The van der Waals surface area contributed by atoms with Crippen molar-refractivity contribution in [2.75, 3.05) is 6.54 Å². The van der Waals surface area contributed by atoms with Gasteiger partial charge < -0.3 is 16.2 Å². The van der Waals surface area contributed by atoms with E-state index in [1.165, 1.54) is 0 Å². The van der Waals surface area contributed by atoms with Crippen LogP contribution in [0.5, 0.6) is 0 Å². The van der Waals surface area contributed by atoms with Crippen LogP contribution in [0.1, 0.15) is 18.6 Å². The Morgan fingerprint density at radius 1 is 1.25 bits per heavy atom. The molecule has 2 aromatic carbocycles. The Bertz CT molecular complexity index is 587. The van der Waals surface area contributed by atoms with E-state index >= 15 is 0 Å². The third-order valence-electron chi connectivity index (χ3n) is 3.04. The predicted octanol–water partition coefficient (Wildman–Crippen LogP) is 1.76. The molecule has 2 aromatic rings. The van der Waals surface area contributed by atoms with E-state index in [1.54, 1.807) is 6.92 Å². The number of carbonyl (C=O) groups excluding carboxylic acids is 1. The van der Waals surface area contributed by atoms with Crippen molar-refractivity contribution in [1.82, 2.24) is 5.32 Å². The average molecular weight is 295 g/mol. The van der Waals surface area contributed by atoms with Crippen LogP contribution in [-0.4, -0.2) is 23.6 Å². The van der Waals surface area contributed by atoms with Crippen LogP contribution in [0.3, 0.4) is 0 Å². The third kappa shape index (κ3) is 3.93. The zero-order valence-corrected chi connectivity index (χ0v) is 12.1. The summed E-state index contributed by atoms with van der Waals surface area (Å²) in [6, 6.07) is 13.1. The van der Waals surface area contributed by atoms with Gasteiger partial charge in [0.1, 0.15) is 0 Å². The van der Waals surface area contributed by atoms with Crippen molar-refractivity contribution in [2.24, 2.45) is 5.73 Å². The molecular formula is C15H19ClN2O2. The van der Waals surface area contributed by atoms with Crippen molar-refractivity contribution in [3.8, 4) is 0 Å². The van der Waals surface area contributed by atoms with E-state index in [9.17, 15) is 9.90 Å². The fourth-order valence-electron chi connectivity index (χ4n) is 1.89. The van der Waals surface area contributed by atoms with E-state index in [2.05, 4.69) is 5.32 Å². The minimum absolute atomic E-state index is 0. The van der Waals surface area contributed by atoms with E-state index in [0.29, 0.717) is 0 Å². The summed E-state index contributed by atoms with van der Waals surface area (Å²) in [5.41, 5.74) is 6.22. The Morgan fingerprint density at radius 2 is 1.90 bits per heavy atom. The lowest BCUT2D eigenvalue weighted by Crippen LogP contribution is -2.40. The fraction of sp³-hybridized carbons (Fsp3) is 0.267. The number of carbonyl (C=O) groups is 1. The zero-order chi connectivity index (χ0) is 13.8. The van der Waals surface area contributed by atoms with Gasteiger partial charge in [-0.05, 0) is 29.3 Å². The first-order valence-electron chi connectivity index (χ1n) is 6.28. The molecule has 0 spiro atoms. The molecule has 20 heavy (non-hydrogen) atoms. The number of fused-ring (bicyclic) bond motifs is 1. The first-order chi connectivity index (χ1) is 9.08. The normalized spacial score (nSPS) is 13.3. The third-order valence-corrected chi connectivity index (χ3v) is 3.04. The van der Waals surface area contributed by atoms with E-state index in [0.717, 1.165) is 16.3 Å². The zero-order valence-electron chi connectivity index (χ0n) is 11.2. The van der Waals surface area contributed by atoms with Crippen molar-refractivity contribution >= 4 is 29.1 Å². The van der Waals surface area contributed by atoms with Crippen molar-refractivity contribution in [2.45, 2.75) is 19.1 Å². The number of hydrogen-bond donors (Lipinski definition) is 3. The molecule has 108 valence electrons. The summed E-state index contributed by atoms with van der Waals surface area (Å²) in [6.07, 6.45) is -0.729. The smallest absolute Gasteiger partial charge is 0.236 e. The second-order valence-corrected chi connectivity index (χ2v) is 4.66. The highest BCUT2D eigenvalue weighted by atomic mass is 35.5. The van der Waals surface area contributed by atoms with Crippen LogP contribution in [0.2, 0.25) is 0 Å². The molecule has 5 heteroatoms. The molecule has 0 aliphatic carbocycles. The van der Waals surface area contributed by atoms with Gasteiger partial charge in [-0.1, -0.05) is 36.4 Å². The van der Waals surface area contributed by atoms with Crippen LogP contribution >= 0.6 is 12.4 Å². The van der Waals surface area contributed by atoms with Crippen molar-refractivity contribution in [3.63, 3.8) is 0 Å². The maximum atomic E-state index is 11.3. The van der Waals surface area contributed by atoms with E-state index < -0.39 is 12.1 Å². The summed E-state index contributed by atoms with van der Waals surface area (Å²) in [7, 11) is 0. The van der Waals surface area contributed by atoms with E-state index in [-0.39, 0.29) is 24.9 Å². The topological polar surface area (TPSA) is 75.4 Å². The number of benzene rings is 2. The molecule has 4 N–H and O–H groups in total. The van der Waals surface area contributed by atoms with Gasteiger partial charge in [-0.3, -0.25) is 4.79 Å². The first kappa shape index (κ1) is 16.4. The second kappa shape index (κ2) is 7.24.